The Morgan fingerprint density at radius 2 is 1.59 bits per heavy atom. The van der Waals surface area contributed by atoms with Crippen LogP contribution in [0.3, 0.4) is 0 Å². The van der Waals surface area contributed by atoms with Gasteiger partial charge in [0.05, 0.1) is 0 Å². The Bertz CT molecular complexity index is 615. The fourth-order valence-electron chi connectivity index (χ4n) is 3.22. The molecular weight excluding hydrogens is 270 g/mol. The first-order valence-corrected chi connectivity index (χ1v) is 8.25. The van der Waals surface area contributed by atoms with Crippen LogP contribution in [0.5, 0.6) is 0 Å². The number of carbonyl (C=O) groups excluding carboxylic acids is 1. The molecule has 1 N–H and O–H groups in total. The summed E-state index contributed by atoms with van der Waals surface area (Å²) in [5, 5.41) is 3.19. The maximum Gasteiger partial charge on any atom is 0.251 e. The average molecular weight is 293 g/mol. The molecule has 2 nitrogen and oxygen atoms in total. The van der Waals surface area contributed by atoms with Gasteiger partial charge in [0.2, 0.25) is 0 Å². The van der Waals surface area contributed by atoms with Gasteiger partial charge in [-0.1, -0.05) is 61.4 Å². The van der Waals surface area contributed by atoms with Crippen molar-refractivity contribution in [2.45, 2.75) is 44.6 Å². The molecule has 1 fully saturated rings. The molecule has 0 heterocycles. The molecule has 1 aliphatic rings. The molecule has 114 valence electrons. The Labute approximate surface area is 132 Å². The Balaban J connectivity index is 1.67. The first kappa shape index (κ1) is 14.8. The zero-order valence-electron chi connectivity index (χ0n) is 12.9. The Kier molecular flexibility index (Phi) is 4.89. The van der Waals surface area contributed by atoms with Gasteiger partial charge in [0.15, 0.2) is 0 Å². The van der Waals surface area contributed by atoms with Crippen LogP contribution in [-0.4, -0.2) is 11.9 Å². The second kappa shape index (κ2) is 7.26. The summed E-state index contributed by atoms with van der Waals surface area (Å²) >= 11 is 0. The van der Waals surface area contributed by atoms with Gasteiger partial charge in [-0.05, 0) is 42.9 Å². The normalized spacial score (nSPS) is 14.9. The number of hydrogen-bond donors (Lipinski definition) is 1. The molecule has 2 heteroatoms. The van der Waals surface area contributed by atoms with E-state index < -0.39 is 0 Å². The minimum atomic E-state index is 0.0931. The molecule has 2 aromatic carbocycles. The highest BCUT2D eigenvalue weighted by Gasteiger charge is 2.19. The molecule has 1 amide bonds. The summed E-state index contributed by atoms with van der Waals surface area (Å²) < 4.78 is 0. The molecule has 0 saturated heterocycles. The molecule has 1 saturated carbocycles. The van der Waals surface area contributed by atoms with E-state index in [0.29, 0.717) is 6.04 Å². The van der Waals surface area contributed by atoms with Gasteiger partial charge in [-0.15, -0.1) is 0 Å². The van der Waals surface area contributed by atoms with Crippen LogP contribution in [0, 0.1) is 0 Å². The third-order valence-corrected chi connectivity index (χ3v) is 4.48. The lowest BCUT2D eigenvalue weighted by Gasteiger charge is -2.14. The smallest absolute Gasteiger partial charge is 0.251 e. The van der Waals surface area contributed by atoms with Gasteiger partial charge in [0.1, 0.15) is 0 Å². The molecule has 3 rings (SSSR count). The molecular formula is C20H23NO. The van der Waals surface area contributed by atoms with Crippen LogP contribution in [-0.2, 0) is 12.8 Å². The van der Waals surface area contributed by atoms with Crippen LogP contribution >= 0.6 is 0 Å². The van der Waals surface area contributed by atoms with E-state index in [1.165, 1.54) is 18.4 Å². The summed E-state index contributed by atoms with van der Waals surface area (Å²) in [7, 11) is 0. The van der Waals surface area contributed by atoms with Crippen LogP contribution in [0.4, 0.5) is 0 Å². The van der Waals surface area contributed by atoms with Crippen molar-refractivity contribution in [1.29, 1.82) is 0 Å². The van der Waals surface area contributed by atoms with Gasteiger partial charge in [-0.2, -0.15) is 0 Å². The fourth-order valence-corrected chi connectivity index (χ4v) is 3.22. The summed E-state index contributed by atoms with van der Waals surface area (Å²) in [6.45, 7) is 0. The number of hydrogen-bond acceptors (Lipinski definition) is 1. The fraction of sp³-hybridized carbons (Fsp3) is 0.350. The minimum absolute atomic E-state index is 0.0931. The third kappa shape index (κ3) is 3.76. The van der Waals surface area contributed by atoms with Gasteiger partial charge in [-0.3, -0.25) is 4.79 Å². The largest absolute Gasteiger partial charge is 0.349 e. The van der Waals surface area contributed by atoms with Crippen molar-refractivity contribution in [2.75, 3.05) is 0 Å². The van der Waals surface area contributed by atoms with E-state index in [1.807, 2.05) is 24.3 Å². The van der Waals surface area contributed by atoms with E-state index in [4.69, 9.17) is 0 Å². The zero-order valence-corrected chi connectivity index (χ0v) is 12.9. The van der Waals surface area contributed by atoms with Gasteiger partial charge in [0.25, 0.3) is 5.91 Å². The van der Waals surface area contributed by atoms with Crippen LogP contribution < -0.4 is 5.32 Å². The van der Waals surface area contributed by atoms with Crippen molar-refractivity contribution in [3.8, 4) is 0 Å². The van der Waals surface area contributed by atoms with E-state index in [9.17, 15) is 4.79 Å². The molecule has 0 spiro atoms. The second-order valence-corrected chi connectivity index (χ2v) is 6.10. The summed E-state index contributed by atoms with van der Waals surface area (Å²) in [5.74, 6) is 0.0931. The van der Waals surface area contributed by atoms with Crippen molar-refractivity contribution in [3.05, 3.63) is 71.3 Å². The maximum absolute atomic E-state index is 12.5. The summed E-state index contributed by atoms with van der Waals surface area (Å²) in [6, 6.07) is 18.8. The zero-order chi connectivity index (χ0) is 15.2. The first-order valence-electron chi connectivity index (χ1n) is 8.25. The van der Waals surface area contributed by atoms with E-state index in [2.05, 4.69) is 35.6 Å². The Morgan fingerprint density at radius 1 is 0.909 bits per heavy atom. The van der Waals surface area contributed by atoms with Crippen molar-refractivity contribution >= 4 is 5.91 Å². The van der Waals surface area contributed by atoms with E-state index in [1.54, 1.807) is 0 Å². The lowest BCUT2D eigenvalue weighted by Crippen LogP contribution is -2.33. The number of carbonyl (C=O) groups is 1. The SMILES string of the molecule is O=C(NC1CCCC1)c1ccccc1CCc1ccccc1. The van der Waals surface area contributed by atoms with Crippen LogP contribution in [0.25, 0.3) is 0 Å². The molecule has 0 bridgehead atoms. The molecule has 1 aliphatic carbocycles. The standard InChI is InChI=1S/C20H23NO/c22-20(21-18-11-5-6-12-18)19-13-7-4-10-17(19)15-14-16-8-2-1-3-9-16/h1-4,7-10,13,18H,5-6,11-12,14-15H2,(H,21,22). The predicted octanol–water partition coefficient (Wildman–Crippen LogP) is 4.14. The highest BCUT2D eigenvalue weighted by atomic mass is 16.1. The van der Waals surface area contributed by atoms with E-state index in [-0.39, 0.29) is 5.91 Å². The van der Waals surface area contributed by atoms with Crippen molar-refractivity contribution < 1.29 is 4.79 Å². The van der Waals surface area contributed by atoms with Crippen molar-refractivity contribution in [2.24, 2.45) is 0 Å². The van der Waals surface area contributed by atoms with Crippen LogP contribution in [0.2, 0.25) is 0 Å². The number of amides is 1. The quantitative estimate of drug-likeness (QED) is 0.882. The Hall–Kier alpha value is -2.09. The molecule has 2 aromatic rings. The number of benzene rings is 2. The molecule has 0 unspecified atom stereocenters. The summed E-state index contributed by atoms with van der Waals surface area (Å²) in [5.41, 5.74) is 3.29. The number of nitrogens with one attached hydrogen (secondary N) is 1. The maximum atomic E-state index is 12.5. The topological polar surface area (TPSA) is 29.1 Å². The van der Waals surface area contributed by atoms with Crippen molar-refractivity contribution in [3.63, 3.8) is 0 Å². The van der Waals surface area contributed by atoms with Gasteiger partial charge in [0, 0.05) is 11.6 Å². The highest BCUT2D eigenvalue weighted by Crippen LogP contribution is 2.19. The minimum Gasteiger partial charge on any atom is -0.349 e. The molecule has 0 aliphatic heterocycles. The van der Waals surface area contributed by atoms with Crippen LogP contribution in [0.15, 0.2) is 54.6 Å². The Morgan fingerprint density at radius 3 is 2.36 bits per heavy atom. The molecule has 0 atom stereocenters. The molecule has 0 aromatic heterocycles. The van der Waals surface area contributed by atoms with Gasteiger partial charge >= 0.3 is 0 Å². The van der Waals surface area contributed by atoms with E-state index >= 15 is 0 Å². The van der Waals surface area contributed by atoms with Gasteiger partial charge in [-0.25, -0.2) is 0 Å². The summed E-state index contributed by atoms with van der Waals surface area (Å²) in [4.78, 5) is 12.5. The first-order chi connectivity index (χ1) is 10.8. The monoisotopic (exact) mass is 293 g/mol. The van der Waals surface area contributed by atoms with Crippen molar-refractivity contribution in [1.82, 2.24) is 5.32 Å². The van der Waals surface area contributed by atoms with Gasteiger partial charge < -0.3 is 5.32 Å². The molecule has 22 heavy (non-hydrogen) atoms. The second-order valence-electron chi connectivity index (χ2n) is 6.10. The lowest BCUT2D eigenvalue weighted by atomic mass is 9.99. The molecule has 0 radical (unpaired) electrons. The summed E-state index contributed by atoms with van der Waals surface area (Å²) in [6.07, 6.45) is 6.59. The van der Waals surface area contributed by atoms with Crippen LogP contribution in [0.1, 0.15) is 47.2 Å². The lowest BCUT2D eigenvalue weighted by molar-refractivity contribution is 0.0937. The third-order valence-electron chi connectivity index (χ3n) is 4.48. The predicted molar refractivity (Wildman–Crippen MR) is 90.0 cm³/mol. The average Bonchev–Trinajstić information content (AvgIpc) is 3.07. The number of rotatable bonds is 5. The number of aryl methyl sites for hydroxylation is 2. The highest BCUT2D eigenvalue weighted by molar-refractivity contribution is 5.95. The van der Waals surface area contributed by atoms with E-state index in [0.717, 1.165) is 36.8 Å².